The first-order valence-electron chi connectivity index (χ1n) is 9.88. The first kappa shape index (κ1) is 22.0. The Hall–Kier alpha value is -2.21. The molecule has 1 N–H and O–H groups in total. The van der Waals surface area contributed by atoms with Gasteiger partial charge in [0.2, 0.25) is 15.2 Å². The van der Waals surface area contributed by atoms with Gasteiger partial charge < -0.3 is 9.73 Å². The number of thioether (sulfide) groups is 1. The zero-order valence-electron chi connectivity index (χ0n) is 16.7. The van der Waals surface area contributed by atoms with Crippen LogP contribution in [0.15, 0.2) is 56.3 Å². The molecule has 31 heavy (non-hydrogen) atoms. The van der Waals surface area contributed by atoms with Gasteiger partial charge in [0, 0.05) is 18.7 Å². The third-order valence-corrected chi connectivity index (χ3v) is 8.78. The second-order valence-electron chi connectivity index (χ2n) is 7.01. The number of hydrogen-bond acceptors (Lipinski definition) is 9. The van der Waals surface area contributed by atoms with Gasteiger partial charge in [0.05, 0.1) is 23.5 Å². The van der Waals surface area contributed by atoms with Gasteiger partial charge >= 0.3 is 0 Å². The van der Waals surface area contributed by atoms with E-state index in [1.54, 1.807) is 18.4 Å². The van der Waals surface area contributed by atoms with Crippen LogP contribution in [0.3, 0.4) is 0 Å². The normalized spacial score (nSPS) is 15.1. The third kappa shape index (κ3) is 5.53. The quantitative estimate of drug-likeness (QED) is 0.365. The number of sulfonamides is 1. The lowest BCUT2D eigenvalue weighted by atomic mass is 10.1. The molecule has 1 saturated heterocycles. The number of Topliss-reactive ketones (excluding diaryl/α,β-unsaturated/α-hetero) is 1. The fourth-order valence-corrected chi connectivity index (χ4v) is 6.35. The molecule has 0 unspecified atom stereocenters. The summed E-state index contributed by atoms with van der Waals surface area (Å²) in [5.41, 5.74) is 0.478. The van der Waals surface area contributed by atoms with Gasteiger partial charge in [-0.15, -0.1) is 10.2 Å². The lowest BCUT2D eigenvalue weighted by Gasteiger charge is -2.25. The summed E-state index contributed by atoms with van der Waals surface area (Å²) in [5, 5.41) is 11.9. The van der Waals surface area contributed by atoms with Crippen LogP contribution in [0, 0.1) is 0 Å². The molecular weight excluding hydrogens is 456 g/mol. The van der Waals surface area contributed by atoms with E-state index in [9.17, 15) is 13.2 Å². The van der Waals surface area contributed by atoms with Crippen molar-refractivity contribution in [3.8, 4) is 0 Å². The Morgan fingerprint density at radius 1 is 1.13 bits per heavy atom. The van der Waals surface area contributed by atoms with Gasteiger partial charge in [0.1, 0.15) is 5.76 Å². The highest BCUT2D eigenvalue weighted by Crippen LogP contribution is 2.27. The van der Waals surface area contributed by atoms with Gasteiger partial charge in [-0.3, -0.25) is 4.79 Å². The molecule has 0 saturated carbocycles. The van der Waals surface area contributed by atoms with Gasteiger partial charge in [-0.1, -0.05) is 41.7 Å². The number of carbonyl (C=O) groups is 1. The summed E-state index contributed by atoms with van der Waals surface area (Å²) in [6.07, 6.45) is 4.45. The minimum Gasteiger partial charge on any atom is -0.467 e. The lowest BCUT2D eigenvalue weighted by molar-refractivity contribution is 0.102. The molecule has 1 aromatic carbocycles. The van der Waals surface area contributed by atoms with Crippen molar-refractivity contribution in [2.75, 3.05) is 24.2 Å². The Morgan fingerprint density at radius 2 is 1.90 bits per heavy atom. The molecule has 11 heteroatoms. The van der Waals surface area contributed by atoms with Crippen LogP contribution in [-0.4, -0.2) is 47.5 Å². The Kier molecular flexibility index (Phi) is 7.06. The van der Waals surface area contributed by atoms with Crippen LogP contribution < -0.4 is 5.32 Å². The molecule has 0 atom stereocenters. The molecule has 8 nitrogen and oxygen atoms in total. The highest BCUT2D eigenvalue weighted by molar-refractivity contribution is 8.01. The standard InChI is InChI=1S/C20H22N4O4S3/c25-18(14-29-20-23-22-19(30-20)21-13-16-5-4-12-28-16)15-6-8-17(9-7-15)31(26,27)24-10-2-1-3-11-24/h4-9,12H,1-3,10-11,13-14H2,(H,21,22). The summed E-state index contributed by atoms with van der Waals surface area (Å²) in [6, 6.07) is 9.88. The summed E-state index contributed by atoms with van der Waals surface area (Å²) in [6.45, 7) is 1.62. The van der Waals surface area contributed by atoms with E-state index in [4.69, 9.17) is 4.42 Å². The van der Waals surface area contributed by atoms with Gasteiger partial charge in [-0.2, -0.15) is 4.31 Å². The fourth-order valence-electron chi connectivity index (χ4n) is 3.19. The van der Waals surface area contributed by atoms with Crippen LogP contribution in [0.4, 0.5) is 5.13 Å². The van der Waals surface area contributed by atoms with Crippen molar-refractivity contribution >= 4 is 44.0 Å². The van der Waals surface area contributed by atoms with Crippen LogP contribution in [0.2, 0.25) is 0 Å². The number of nitrogens with zero attached hydrogens (tertiary/aromatic N) is 3. The van der Waals surface area contributed by atoms with E-state index < -0.39 is 10.0 Å². The Balaban J connectivity index is 1.31. The Bertz CT molecular complexity index is 1110. The molecule has 3 heterocycles. The van der Waals surface area contributed by atoms with E-state index in [2.05, 4.69) is 15.5 Å². The molecule has 0 amide bonds. The highest BCUT2D eigenvalue weighted by atomic mass is 32.2. The van der Waals surface area contributed by atoms with E-state index in [0.29, 0.717) is 34.7 Å². The van der Waals surface area contributed by atoms with Gasteiger partial charge in [-0.05, 0) is 37.1 Å². The minimum absolute atomic E-state index is 0.0905. The summed E-state index contributed by atoms with van der Waals surface area (Å²) in [5.74, 6) is 0.906. The summed E-state index contributed by atoms with van der Waals surface area (Å²) in [4.78, 5) is 12.7. The van der Waals surface area contributed by atoms with E-state index >= 15 is 0 Å². The topological polar surface area (TPSA) is 105 Å². The van der Waals surface area contributed by atoms with Crippen LogP contribution in [-0.2, 0) is 16.6 Å². The lowest BCUT2D eigenvalue weighted by Crippen LogP contribution is -2.35. The number of hydrogen-bond donors (Lipinski definition) is 1. The summed E-state index contributed by atoms with van der Waals surface area (Å²) in [7, 11) is -3.49. The van der Waals surface area contributed by atoms with Crippen molar-refractivity contribution in [1.29, 1.82) is 0 Å². The van der Waals surface area contributed by atoms with Crippen molar-refractivity contribution < 1.29 is 17.6 Å². The third-order valence-electron chi connectivity index (χ3n) is 4.86. The number of aromatic nitrogens is 2. The maximum absolute atomic E-state index is 12.7. The molecule has 0 radical (unpaired) electrons. The van der Waals surface area contributed by atoms with Crippen molar-refractivity contribution in [2.45, 2.75) is 35.0 Å². The number of piperidine rings is 1. The van der Waals surface area contributed by atoms with Crippen LogP contribution in [0.25, 0.3) is 0 Å². The van der Waals surface area contributed by atoms with Gasteiger partial charge in [0.25, 0.3) is 0 Å². The van der Waals surface area contributed by atoms with Crippen molar-refractivity contribution in [2.24, 2.45) is 0 Å². The zero-order chi connectivity index (χ0) is 21.7. The van der Waals surface area contributed by atoms with Crippen molar-refractivity contribution in [1.82, 2.24) is 14.5 Å². The molecule has 1 fully saturated rings. The maximum Gasteiger partial charge on any atom is 0.243 e. The molecule has 4 rings (SSSR count). The van der Waals surface area contributed by atoms with Crippen LogP contribution in [0.1, 0.15) is 35.4 Å². The van der Waals surface area contributed by atoms with E-state index in [1.807, 2.05) is 12.1 Å². The van der Waals surface area contributed by atoms with E-state index in [-0.39, 0.29) is 16.4 Å². The maximum atomic E-state index is 12.7. The number of furan rings is 1. The first-order valence-corrected chi connectivity index (χ1v) is 13.1. The van der Waals surface area contributed by atoms with E-state index in [0.717, 1.165) is 25.0 Å². The molecule has 0 bridgehead atoms. The molecule has 1 aliphatic heterocycles. The summed E-state index contributed by atoms with van der Waals surface area (Å²) >= 11 is 2.67. The second kappa shape index (κ2) is 9.94. The number of nitrogens with one attached hydrogen (secondary N) is 1. The fraction of sp³-hybridized carbons (Fsp3) is 0.350. The molecular formula is C20H22N4O4S3. The molecule has 0 spiro atoms. The largest absolute Gasteiger partial charge is 0.467 e. The van der Waals surface area contributed by atoms with Crippen LogP contribution in [0.5, 0.6) is 0 Å². The second-order valence-corrected chi connectivity index (χ2v) is 11.1. The number of anilines is 1. The number of ketones is 1. The Morgan fingerprint density at radius 3 is 2.61 bits per heavy atom. The number of rotatable bonds is 9. The molecule has 3 aromatic rings. The predicted octanol–water partition coefficient (Wildman–Crippen LogP) is 3.89. The van der Waals surface area contributed by atoms with Gasteiger partial charge in [0.15, 0.2) is 10.1 Å². The molecule has 164 valence electrons. The molecule has 2 aromatic heterocycles. The average molecular weight is 479 g/mol. The average Bonchev–Trinajstić information content (AvgIpc) is 3.49. The van der Waals surface area contributed by atoms with E-state index in [1.165, 1.54) is 39.5 Å². The summed E-state index contributed by atoms with van der Waals surface area (Å²) < 4.78 is 32.9. The SMILES string of the molecule is O=C(CSc1nnc(NCc2ccco2)s1)c1ccc(S(=O)(=O)N2CCCCC2)cc1. The molecule has 0 aliphatic carbocycles. The highest BCUT2D eigenvalue weighted by Gasteiger charge is 2.26. The number of carbonyl (C=O) groups excluding carboxylic acids is 1. The Labute approximate surface area is 189 Å². The minimum atomic E-state index is -3.49. The van der Waals surface area contributed by atoms with Crippen molar-refractivity contribution in [3.63, 3.8) is 0 Å². The van der Waals surface area contributed by atoms with Crippen molar-refractivity contribution in [3.05, 3.63) is 54.0 Å². The monoisotopic (exact) mass is 478 g/mol. The first-order chi connectivity index (χ1) is 15.0. The number of benzene rings is 1. The smallest absolute Gasteiger partial charge is 0.243 e. The predicted molar refractivity (Wildman–Crippen MR) is 120 cm³/mol. The van der Waals surface area contributed by atoms with Crippen LogP contribution >= 0.6 is 23.1 Å². The molecule has 1 aliphatic rings. The zero-order valence-corrected chi connectivity index (χ0v) is 19.1. The van der Waals surface area contributed by atoms with Gasteiger partial charge in [-0.25, -0.2) is 8.42 Å².